The SMILES string of the molecule is COC1CCCC(OCc2ccc(C(=N)N)cc2)C1. The van der Waals surface area contributed by atoms with E-state index in [0.717, 1.165) is 30.4 Å². The van der Waals surface area contributed by atoms with Crippen molar-refractivity contribution >= 4 is 5.84 Å². The van der Waals surface area contributed by atoms with Crippen LogP contribution in [0.15, 0.2) is 24.3 Å². The van der Waals surface area contributed by atoms with Gasteiger partial charge in [0.25, 0.3) is 0 Å². The molecule has 0 amide bonds. The van der Waals surface area contributed by atoms with Gasteiger partial charge in [-0.25, -0.2) is 0 Å². The van der Waals surface area contributed by atoms with E-state index in [2.05, 4.69) is 0 Å². The molecule has 0 saturated heterocycles. The minimum Gasteiger partial charge on any atom is -0.384 e. The quantitative estimate of drug-likeness (QED) is 0.632. The molecule has 2 unspecified atom stereocenters. The van der Waals surface area contributed by atoms with Crippen molar-refractivity contribution in [3.05, 3.63) is 35.4 Å². The number of hydrogen-bond donors (Lipinski definition) is 2. The largest absolute Gasteiger partial charge is 0.384 e. The van der Waals surface area contributed by atoms with Gasteiger partial charge >= 0.3 is 0 Å². The molecular formula is C15H22N2O2. The van der Waals surface area contributed by atoms with E-state index in [1.807, 2.05) is 24.3 Å². The topological polar surface area (TPSA) is 68.3 Å². The summed E-state index contributed by atoms with van der Waals surface area (Å²) in [5.74, 6) is 0.0997. The van der Waals surface area contributed by atoms with Crippen molar-refractivity contribution in [2.75, 3.05) is 7.11 Å². The number of hydrogen-bond acceptors (Lipinski definition) is 3. The molecule has 1 aromatic rings. The first-order valence-corrected chi connectivity index (χ1v) is 6.76. The van der Waals surface area contributed by atoms with Crippen molar-refractivity contribution in [1.82, 2.24) is 0 Å². The molecule has 0 spiro atoms. The van der Waals surface area contributed by atoms with E-state index in [-0.39, 0.29) is 5.84 Å². The summed E-state index contributed by atoms with van der Waals surface area (Å²) in [6.07, 6.45) is 5.06. The highest BCUT2D eigenvalue weighted by atomic mass is 16.5. The number of methoxy groups -OCH3 is 1. The summed E-state index contributed by atoms with van der Waals surface area (Å²) in [5, 5.41) is 7.34. The molecule has 104 valence electrons. The van der Waals surface area contributed by atoms with E-state index >= 15 is 0 Å². The summed E-state index contributed by atoms with van der Waals surface area (Å²) >= 11 is 0. The Hall–Kier alpha value is -1.39. The minimum atomic E-state index is 0.0997. The zero-order valence-electron chi connectivity index (χ0n) is 11.4. The second kappa shape index (κ2) is 6.68. The molecule has 0 heterocycles. The average molecular weight is 262 g/mol. The molecule has 1 aliphatic carbocycles. The lowest BCUT2D eigenvalue weighted by atomic mass is 9.95. The van der Waals surface area contributed by atoms with Crippen LogP contribution in [-0.2, 0) is 16.1 Å². The number of ether oxygens (including phenoxy) is 2. The van der Waals surface area contributed by atoms with Crippen LogP contribution < -0.4 is 5.73 Å². The first kappa shape index (κ1) is 14.0. The van der Waals surface area contributed by atoms with Gasteiger partial charge in [-0.3, -0.25) is 5.41 Å². The highest BCUT2D eigenvalue weighted by molar-refractivity contribution is 5.94. The van der Waals surface area contributed by atoms with E-state index in [0.29, 0.717) is 18.8 Å². The smallest absolute Gasteiger partial charge is 0.122 e. The fourth-order valence-electron chi connectivity index (χ4n) is 2.46. The summed E-state index contributed by atoms with van der Waals surface area (Å²) in [7, 11) is 1.77. The Balaban J connectivity index is 1.83. The standard InChI is InChI=1S/C15H22N2O2/c1-18-13-3-2-4-14(9-13)19-10-11-5-7-12(8-6-11)15(16)17/h5-8,13-14H,2-4,9-10H2,1H3,(H3,16,17). The molecule has 0 bridgehead atoms. The second-order valence-electron chi connectivity index (χ2n) is 5.07. The van der Waals surface area contributed by atoms with Crippen LogP contribution in [0.3, 0.4) is 0 Å². The van der Waals surface area contributed by atoms with Gasteiger partial charge in [-0.05, 0) is 31.2 Å². The van der Waals surface area contributed by atoms with Crippen LogP contribution in [0.5, 0.6) is 0 Å². The van der Waals surface area contributed by atoms with E-state index in [9.17, 15) is 0 Å². The van der Waals surface area contributed by atoms with Gasteiger partial charge in [0.15, 0.2) is 0 Å². The molecule has 0 radical (unpaired) electrons. The molecule has 2 rings (SSSR count). The molecule has 0 aliphatic heterocycles. The molecule has 3 N–H and O–H groups in total. The van der Waals surface area contributed by atoms with E-state index in [4.69, 9.17) is 20.6 Å². The zero-order valence-corrected chi connectivity index (χ0v) is 11.4. The van der Waals surface area contributed by atoms with Crippen LogP contribution in [0.1, 0.15) is 36.8 Å². The Labute approximate surface area is 114 Å². The molecule has 19 heavy (non-hydrogen) atoms. The average Bonchev–Trinajstić information content (AvgIpc) is 2.46. The maximum absolute atomic E-state index is 7.34. The summed E-state index contributed by atoms with van der Waals surface area (Å²) in [6.45, 7) is 0.610. The van der Waals surface area contributed by atoms with Gasteiger partial charge < -0.3 is 15.2 Å². The van der Waals surface area contributed by atoms with Gasteiger partial charge in [-0.1, -0.05) is 24.3 Å². The van der Waals surface area contributed by atoms with Crippen molar-refractivity contribution in [3.8, 4) is 0 Å². The maximum atomic E-state index is 7.34. The molecule has 2 atom stereocenters. The minimum absolute atomic E-state index is 0.0997. The van der Waals surface area contributed by atoms with Crippen molar-refractivity contribution in [2.45, 2.75) is 44.5 Å². The highest BCUT2D eigenvalue weighted by Gasteiger charge is 2.22. The van der Waals surface area contributed by atoms with Crippen LogP contribution in [0.25, 0.3) is 0 Å². The van der Waals surface area contributed by atoms with Crippen molar-refractivity contribution < 1.29 is 9.47 Å². The molecule has 4 heteroatoms. The fourth-order valence-corrected chi connectivity index (χ4v) is 2.46. The zero-order chi connectivity index (χ0) is 13.7. The van der Waals surface area contributed by atoms with Crippen molar-refractivity contribution in [1.29, 1.82) is 5.41 Å². The highest BCUT2D eigenvalue weighted by Crippen LogP contribution is 2.23. The lowest BCUT2D eigenvalue weighted by Crippen LogP contribution is -2.27. The van der Waals surface area contributed by atoms with E-state index in [1.54, 1.807) is 7.11 Å². The first-order valence-electron chi connectivity index (χ1n) is 6.76. The van der Waals surface area contributed by atoms with Crippen LogP contribution in [0.4, 0.5) is 0 Å². The van der Waals surface area contributed by atoms with Gasteiger partial charge in [0.1, 0.15) is 5.84 Å². The Kier molecular flexibility index (Phi) is 4.93. The third-order valence-corrected chi connectivity index (χ3v) is 3.66. The number of amidine groups is 1. The predicted molar refractivity (Wildman–Crippen MR) is 75.3 cm³/mol. The van der Waals surface area contributed by atoms with E-state index in [1.165, 1.54) is 6.42 Å². The normalized spacial score (nSPS) is 23.2. The van der Waals surface area contributed by atoms with Gasteiger partial charge in [0, 0.05) is 12.7 Å². The molecule has 4 nitrogen and oxygen atoms in total. The number of rotatable bonds is 5. The van der Waals surface area contributed by atoms with Crippen LogP contribution in [0.2, 0.25) is 0 Å². The number of nitrogens with two attached hydrogens (primary N) is 1. The lowest BCUT2D eigenvalue weighted by Gasteiger charge is -2.28. The summed E-state index contributed by atoms with van der Waals surface area (Å²) in [4.78, 5) is 0. The predicted octanol–water partition coefficient (Wildman–Crippen LogP) is 2.44. The number of benzene rings is 1. The third-order valence-electron chi connectivity index (χ3n) is 3.66. The van der Waals surface area contributed by atoms with E-state index < -0.39 is 0 Å². The molecule has 0 aromatic heterocycles. The second-order valence-corrected chi connectivity index (χ2v) is 5.07. The van der Waals surface area contributed by atoms with Crippen molar-refractivity contribution in [3.63, 3.8) is 0 Å². The molecular weight excluding hydrogens is 240 g/mol. The first-order chi connectivity index (χ1) is 9.19. The maximum Gasteiger partial charge on any atom is 0.122 e. The van der Waals surface area contributed by atoms with Crippen LogP contribution >= 0.6 is 0 Å². The molecule has 1 aromatic carbocycles. The monoisotopic (exact) mass is 262 g/mol. The third kappa shape index (κ3) is 4.04. The van der Waals surface area contributed by atoms with Gasteiger partial charge in [-0.2, -0.15) is 0 Å². The Morgan fingerprint density at radius 3 is 2.58 bits per heavy atom. The van der Waals surface area contributed by atoms with Gasteiger partial charge in [0.2, 0.25) is 0 Å². The Bertz CT molecular complexity index is 417. The van der Waals surface area contributed by atoms with Gasteiger partial charge in [0.05, 0.1) is 18.8 Å². The Morgan fingerprint density at radius 2 is 1.95 bits per heavy atom. The fraction of sp³-hybridized carbons (Fsp3) is 0.533. The number of nitrogens with one attached hydrogen (secondary N) is 1. The van der Waals surface area contributed by atoms with Crippen molar-refractivity contribution in [2.24, 2.45) is 5.73 Å². The lowest BCUT2D eigenvalue weighted by molar-refractivity contribution is -0.0363. The summed E-state index contributed by atoms with van der Waals surface area (Å²) in [6, 6.07) is 7.65. The molecule has 1 fully saturated rings. The Morgan fingerprint density at radius 1 is 1.26 bits per heavy atom. The molecule has 1 saturated carbocycles. The molecule has 1 aliphatic rings. The number of nitrogen functional groups attached to an aromatic ring is 1. The summed E-state index contributed by atoms with van der Waals surface area (Å²) < 4.78 is 11.3. The summed E-state index contributed by atoms with van der Waals surface area (Å²) in [5.41, 5.74) is 7.29. The van der Waals surface area contributed by atoms with Crippen LogP contribution in [0, 0.1) is 5.41 Å². The van der Waals surface area contributed by atoms with Gasteiger partial charge in [-0.15, -0.1) is 0 Å². The van der Waals surface area contributed by atoms with Crippen LogP contribution in [-0.4, -0.2) is 25.2 Å².